The van der Waals surface area contributed by atoms with Gasteiger partial charge in [-0.1, -0.05) is 6.07 Å². The molecule has 5 heteroatoms. The van der Waals surface area contributed by atoms with Crippen molar-refractivity contribution < 1.29 is 4.79 Å². The normalized spacial score (nSPS) is 17.0. The molecule has 1 fully saturated rings. The molecule has 116 valence electrons. The van der Waals surface area contributed by atoms with Crippen molar-refractivity contribution in [2.75, 3.05) is 31.1 Å². The molecule has 2 rings (SSSR count). The molecule has 0 aliphatic carbocycles. The molecule has 0 bridgehead atoms. The largest absolute Gasteiger partial charge is 0.353 e. The topological polar surface area (TPSA) is 62.5 Å². The Labute approximate surface area is 127 Å². The minimum absolute atomic E-state index is 0.135. The first-order chi connectivity index (χ1) is 9.73. The van der Waals surface area contributed by atoms with E-state index in [1.165, 1.54) is 0 Å². The SMILES string of the molecule is CC(C)(N)C(C)(C)C(=O)N1CCN(c2ccccn2)CC1. The van der Waals surface area contributed by atoms with Gasteiger partial charge in [0, 0.05) is 37.9 Å². The molecule has 0 unspecified atom stereocenters. The number of carbonyl (C=O) groups is 1. The summed E-state index contributed by atoms with van der Waals surface area (Å²) in [7, 11) is 0. The van der Waals surface area contributed by atoms with Crippen molar-refractivity contribution in [1.82, 2.24) is 9.88 Å². The summed E-state index contributed by atoms with van der Waals surface area (Å²) in [6, 6.07) is 5.90. The minimum Gasteiger partial charge on any atom is -0.353 e. The molecule has 2 N–H and O–H groups in total. The van der Waals surface area contributed by atoms with E-state index in [0.29, 0.717) is 0 Å². The first-order valence-electron chi connectivity index (χ1n) is 7.48. The Morgan fingerprint density at radius 3 is 2.24 bits per heavy atom. The third kappa shape index (κ3) is 3.18. The van der Waals surface area contributed by atoms with Gasteiger partial charge in [0.2, 0.25) is 5.91 Å². The van der Waals surface area contributed by atoms with Crippen molar-refractivity contribution in [2.45, 2.75) is 33.2 Å². The third-order valence-electron chi connectivity index (χ3n) is 4.69. The lowest BCUT2D eigenvalue weighted by Crippen LogP contribution is -2.59. The van der Waals surface area contributed by atoms with E-state index < -0.39 is 11.0 Å². The number of hydrogen-bond donors (Lipinski definition) is 1. The van der Waals surface area contributed by atoms with Crippen molar-refractivity contribution >= 4 is 11.7 Å². The Hall–Kier alpha value is -1.62. The van der Waals surface area contributed by atoms with Gasteiger partial charge in [0.1, 0.15) is 5.82 Å². The van der Waals surface area contributed by atoms with Gasteiger partial charge in [0.25, 0.3) is 0 Å². The van der Waals surface area contributed by atoms with E-state index >= 15 is 0 Å². The van der Waals surface area contributed by atoms with E-state index in [0.717, 1.165) is 32.0 Å². The molecule has 0 atom stereocenters. The van der Waals surface area contributed by atoms with Crippen LogP contribution in [0.25, 0.3) is 0 Å². The van der Waals surface area contributed by atoms with Crippen molar-refractivity contribution in [2.24, 2.45) is 11.1 Å². The second-order valence-electron chi connectivity index (χ2n) is 6.81. The molecule has 1 saturated heterocycles. The lowest BCUT2D eigenvalue weighted by Gasteiger charge is -2.43. The number of amides is 1. The Morgan fingerprint density at radius 2 is 1.76 bits per heavy atom. The summed E-state index contributed by atoms with van der Waals surface area (Å²) in [6.07, 6.45) is 1.80. The van der Waals surface area contributed by atoms with Crippen molar-refractivity contribution in [3.63, 3.8) is 0 Å². The van der Waals surface area contributed by atoms with E-state index in [-0.39, 0.29) is 5.91 Å². The average molecular weight is 290 g/mol. The zero-order valence-corrected chi connectivity index (χ0v) is 13.5. The molecule has 0 radical (unpaired) electrons. The van der Waals surface area contributed by atoms with Crippen LogP contribution in [0.4, 0.5) is 5.82 Å². The van der Waals surface area contributed by atoms with Crippen molar-refractivity contribution in [3.05, 3.63) is 24.4 Å². The zero-order valence-electron chi connectivity index (χ0n) is 13.5. The Morgan fingerprint density at radius 1 is 1.14 bits per heavy atom. The molecule has 1 aromatic rings. The fourth-order valence-corrected chi connectivity index (χ4v) is 2.35. The van der Waals surface area contributed by atoms with Crippen molar-refractivity contribution in [3.8, 4) is 0 Å². The van der Waals surface area contributed by atoms with Crippen LogP contribution in [-0.2, 0) is 4.79 Å². The van der Waals surface area contributed by atoms with Gasteiger partial charge in [-0.3, -0.25) is 4.79 Å². The number of hydrogen-bond acceptors (Lipinski definition) is 4. The van der Waals surface area contributed by atoms with Crippen LogP contribution in [0.3, 0.4) is 0 Å². The van der Waals surface area contributed by atoms with Crippen LogP contribution in [0.5, 0.6) is 0 Å². The van der Waals surface area contributed by atoms with Gasteiger partial charge in [-0.15, -0.1) is 0 Å². The molecule has 21 heavy (non-hydrogen) atoms. The molecule has 1 aromatic heterocycles. The maximum absolute atomic E-state index is 12.7. The highest BCUT2D eigenvalue weighted by molar-refractivity contribution is 5.83. The lowest BCUT2D eigenvalue weighted by atomic mass is 9.74. The molecule has 5 nitrogen and oxygen atoms in total. The quantitative estimate of drug-likeness (QED) is 0.916. The molecular weight excluding hydrogens is 264 g/mol. The van der Waals surface area contributed by atoms with Gasteiger partial charge < -0.3 is 15.5 Å². The second kappa shape index (κ2) is 5.64. The van der Waals surface area contributed by atoms with E-state index in [1.54, 1.807) is 6.20 Å². The number of anilines is 1. The van der Waals surface area contributed by atoms with E-state index in [9.17, 15) is 4.79 Å². The molecule has 0 saturated carbocycles. The van der Waals surface area contributed by atoms with Gasteiger partial charge in [-0.2, -0.15) is 0 Å². The monoisotopic (exact) mass is 290 g/mol. The molecule has 2 heterocycles. The maximum atomic E-state index is 12.7. The molecule has 0 spiro atoms. The van der Waals surface area contributed by atoms with Crippen molar-refractivity contribution in [1.29, 1.82) is 0 Å². The van der Waals surface area contributed by atoms with E-state index in [2.05, 4.69) is 9.88 Å². The van der Waals surface area contributed by atoms with Crippen LogP contribution in [0.2, 0.25) is 0 Å². The standard InChI is InChI=1S/C16H26N4O/c1-15(2,16(3,4)17)14(21)20-11-9-19(10-12-20)13-7-5-6-8-18-13/h5-8H,9-12,17H2,1-4H3. The number of piperazine rings is 1. The van der Waals surface area contributed by atoms with Gasteiger partial charge >= 0.3 is 0 Å². The summed E-state index contributed by atoms with van der Waals surface area (Å²) >= 11 is 0. The van der Waals surface area contributed by atoms with Crippen LogP contribution in [0.15, 0.2) is 24.4 Å². The number of aromatic nitrogens is 1. The number of pyridine rings is 1. The fraction of sp³-hybridized carbons (Fsp3) is 0.625. The zero-order chi connectivity index (χ0) is 15.7. The minimum atomic E-state index is -0.569. The first kappa shape index (κ1) is 15.8. The highest BCUT2D eigenvalue weighted by atomic mass is 16.2. The summed E-state index contributed by atoms with van der Waals surface area (Å²) in [4.78, 5) is 21.2. The molecular formula is C16H26N4O. The number of nitrogens with zero attached hydrogens (tertiary/aromatic N) is 3. The first-order valence-corrected chi connectivity index (χ1v) is 7.48. The van der Waals surface area contributed by atoms with E-state index in [1.807, 2.05) is 50.8 Å². The van der Waals surface area contributed by atoms with Gasteiger partial charge in [0.05, 0.1) is 5.41 Å². The summed E-state index contributed by atoms with van der Waals surface area (Å²) in [6.45, 7) is 10.7. The summed E-state index contributed by atoms with van der Waals surface area (Å²) in [5.74, 6) is 1.11. The Bertz CT molecular complexity index is 485. The van der Waals surface area contributed by atoms with Gasteiger partial charge in [-0.05, 0) is 39.8 Å². The molecule has 1 amide bonds. The highest BCUT2D eigenvalue weighted by Crippen LogP contribution is 2.31. The van der Waals surface area contributed by atoms with Crippen LogP contribution < -0.4 is 10.6 Å². The van der Waals surface area contributed by atoms with Crippen LogP contribution in [0, 0.1) is 5.41 Å². The Balaban J connectivity index is 2.00. The van der Waals surface area contributed by atoms with E-state index in [4.69, 9.17) is 5.73 Å². The predicted octanol–water partition coefficient (Wildman–Crippen LogP) is 1.49. The van der Waals surface area contributed by atoms with Crippen LogP contribution in [0.1, 0.15) is 27.7 Å². The maximum Gasteiger partial charge on any atom is 0.230 e. The highest BCUT2D eigenvalue weighted by Gasteiger charge is 2.43. The number of rotatable bonds is 3. The molecule has 1 aliphatic rings. The number of nitrogens with two attached hydrogens (primary N) is 1. The van der Waals surface area contributed by atoms with Crippen LogP contribution >= 0.6 is 0 Å². The smallest absolute Gasteiger partial charge is 0.230 e. The third-order valence-corrected chi connectivity index (χ3v) is 4.69. The van der Waals surface area contributed by atoms with Gasteiger partial charge in [0.15, 0.2) is 0 Å². The predicted molar refractivity (Wildman–Crippen MR) is 85.1 cm³/mol. The Kier molecular flexibility index (Phi) is 4.23. The summed E-state index contributed by atoms with van der Waals surface area (Å²) in [5.41, 5.74) is 5.06. The average Bonchev–Trinajstić information content (AvgIpc) is 2.46. The lowest BCUT2D eigenvalue weighted by molar-refractivity contribution is -0.143. The van der Waals surface area contributed by atoms with Crippen LogP contribution in [-0.4, -0.2) is 47.5 Å². The second-order valence-corrected chi connectivity index (χ2v) is 6.81. The molecule has 0 aromatic carbocycles. The van der Waals surface area contributed by atoms with Gasteiger partial charge in [-0.25, -0.2) is 4.98 Å². The molecule has 1 aliphatic heterocycles. The summed E-state index contributed by atoms with van der Waals surface area (Å²) in [5, 5.41) is 0. The fourth-order valence-electron chi connectivity index (χ4n) is 2.35. The summed E-state index contributed by atoms with van der Waals surface area (Å²) < 4.78 is 0. The number of carbonyl (C=O) groups excluding carboxylic acids is 1.